The smallest absolute Gasteiger partial charge is 0.342 e. The van der Waals surface area contributed by atoms with Crippen LogP contribution in [0.3, 0.4) is 0 Å². The average Bonchev–Trinajstić information content (AvgIpc) is 2.76. The highest BCUT2D eigenvalue weighted by Crippen LogP contribution is 2.34. The van der Waals surface area contributed by atoms with Crippen molar-refractivity contribution < 1.29 is 33.3 Å². The Morgan fingerprint density at radius 3 is 2.20 bits per heavy atom. The first-order valence-electron chi connectivity index (χ1n) is 9.08. The number of hydrogen-bond acceptors (Lipinski definition) is 7. The number of rotatable bonds is 9. The summed E-state index contributed by atoms with van der Waals surface area (Å²) < 4.78 is 20.6. The summed E-state index contributed by atoms with van der Waals surface area (Å²) in [5, 5.41) is 5.26. The van der Waals surface area contributed by atoms with E-state index < -0.39 is 18.5 Å². The van der Waals surface area contributed by atoms with Crippen LogP contribution < -0.4 is 24.8 Å². The van der Waals surface area contributed by atoms with Crippen molar-refractivity contribution in [1.29, 1.82) is 0 Å². The molecule has 0 heterocycles. The van der Waals surface area contributed by atoms with Gasteiger partial charge in [0.05, 0.1) is 21.3 Å². The minimum Gasteiger partial charge on any atom is -0.496 e. The van der Waals surface area contributed by atoms with Gasteiger partial charge < -0.3 is 29.6 Å². The zero-order valence-corrected chi connectivity index (χ0v) is 17.2. The van der Waals surface area contributed by atoms with Crippen molar-refractivity contribution in [3.63, 3.8) is 0 Å². The van der Waals surface area contributed by atoms with E-state index in [0.29, 0.717) is 29.3 Å². The first-order valence-corrected chi connectivity index (χ1v) is 9.08. The Balaban J connectivity index is 2.04. The first-order chi connectivity index (χ1) is 14.4. The molecule has 0 fully saturated rings. The lowest BCUT2D eigenvalue weighted by molar-refractivity contribution is -0.119. The molecule has 0 bridgehead atoms. The molecular weight excluding hydrogens is 392 g/mol. The number of carbonyl (C=O) groups is 3. The lowest BCUT2D eigenvalue weighted by Gasteiger charge is -2.13. The number of hydrogen-bond donors (Lipinski definition) is 2. The highest BCUT2D eigenvalue weighted by Gasteiger charge is 2.20. The molecule has 2 aromatic carbocycles. The molecule has 2 amide bonds. The van der Waals surface area contributed by atoms with Crippen LogP contribution in [0.15, 0.2) is 36.4 Å². The van der Waals surface area contributed by atoms with Gasteiger partial charge >= 0.3 is 5.97 Å². The van der Waals surface area contributed by atoms with Crippen LogP contribution in [0.25, 0.3) is 0 Å². The molecule has 0 radical (unpaired) electrons. The van der Waals surface area contributed by atoms with Gasteiger partial charge in [-0.05, 0) is 25.1 Å². The van der Waals surface area contributed by atoms with Crippen molar-refractivity contribution in [1.82, 2.24) is 5.32 Å². The Kier molecular flexibility index (Phi) is 8.04. The van der Waals surface area contributed by atoms with E-state index in [1.165, 1.54) is 39.5 Å². The van der Waals surface area contributed by atoms with Crippen LogP contribution in [0.4, 0.5) is 5.69 Å². The third-order valence-electron chi connectivity index (χ3n) is 4.01. The normalized spacial score (nSPS) is 10.0. The summed E-state index contributed by atoms with van der Waals surface area (Å²) in [7, 11) is 4.29. The predicted molar refractivity (Wildman–Crippen MR) is 109 cm³/mol. The van der Waals surface area contributed by atoms with Gasteiger partial charge in [0.1, 0.15) is 11.3 Å². The number of ether oxygens (including phenoxy) is 4. The molecule has 2 N–H and O–H groups in total. The van der Waals surface area contributed by atoms with Crippen LogP contribution in [-0.4, -0.2) is 52.3 Å². The third kappa shape index (κ3) is 5.63. The summed E-state index contributed by atoms with van der Waals surface area (Å²) in [5.41, 5.74) is 0.895. The van der Waals surface area contributed by atoms with Crippen molar-refractivity contribution in [2.24, 2.45) is 0 Å². The van der Waals surface area contributed by atoms with Crippen molar-refractivity contribution in [3.05, 3.63) is 47.5 Å². The zero-order chi connectivity index (χ0) is 22.1. The monoisotopic (exact) mass is 416 g/mol. The quantitative estimate of drug-likeness (QED) is 0.603. The summed E-state index contributed by atoms with van der Waals surface area (Å²) >= 11 is 0. The van der Waals surface area contributed by atoms with E-state index in [4.69, 9.17) is 18.9 Å². The number of carbonyl (C=O) groups excluding carboxylic acids is 3. The molecule has 0 spiro atoms. The molecule has 0 aliphatic heterocycles. The Morgan fingerprint density at radius 1 is 0.900 bits per heavy atom. The third-order valence-corrected chi connectivity index (χ3v) is 4.01. The van der Waals surface area contributed by atoms with Crippen molar-refractivity contribution in [2.75, 3.05) is 39.8 Å². The lowest BCUT2D eigenvalue weighted by Crippen LogP contribution is -2.23. The molecule has 0 saturated carbocycles. The maximum Gasteiger partial charge on any atom is 0.342 e. The topological polar surface area (TPSA) is 112 Å². The number of benzene rings is 2. The molecule has 0 saturated heterocycles. The highest BCUT2D eigenvalue weighted by atomic mass is 16.5. The van der Waals surface area contributed by atoms with E-state index in [9.17, 15) is 14.4 Å². The molecule has 30 heavy (non-hydrogen) atoms. The molecule has 2 rings (SSSR count). The minimum absolute atomic E-state index is 0.0844. The van der Waals surface area contributed by atoms with E-state index in [1.54, 1.807) is 18.2 Å². The number of amides is 2. The van der Waals surface area contributed by atoms with Gasteiger partial charge in [0.25, 0.3) is 11.8 Å². The fourth-order valence-electron chi connectivity index (χ4n) is 2.60. The van der Waals surface area contributed by atoms with E-state index >= 15 is 0 Å². The standard InChI is InChI=1S/C21H24N2O7/c1-5-22-20(25)13-7-6-8-14(9-13)23-19(24)12-30-21(26)15-10-17(28-3)18(29-4)11-16(15)27-2/h6-11H,5,12H2,1-4H3,(H,22,25)(H,23,24). The molecule has 9 heteroatoms. The van der Waals surface area contributed by atoms with Gasteiger partial charge in [-0.15, -0.1) is 0 Å². The highest BCUT2D eigenvalue weighted by molar-refractivity contribution is 5.99. The summed E-state index contributed by atoms with van der Waals surface area (Å²) in [6.07, 6.45) is 0. The molecule has 0 aliphatic rings. The Hall–Kier alpha value is -3.75. The second kappa shape index (κ2) is 10.7. The van der Waals surface area contributed by atoms with Crippen LogP contribution in [-0.2, 0) is 9.53 Å². The number of nitrogens with one attached hydrogen (secondary N) is 2. The van der Waals surface area contributed by atoms with Crippen LogP contribution in [0.5, 0.6) is 17.2 Å². The Labute approximate surface area is 174 Å². The van der Waals surface area contributed by atoms with Gasteiger partial charge in [-0.2, -0.15) is 0 Å². The van der Waals surface area contributed by atoms with Gasteiger partial charge in [0, 0.05) is 29.9 Å². The van der Waals surface area contributed by atoms with E-state index in [2.05, 4.69) is 10.6 Å². The van der Waals surface area contributed by atoms with Crippen molar-refractivity contribution >= 4 is 23.5 Å². The lowest BCUT2D eigenvalue weighted by atomic mass is 10.1. The van der Waals surface area contributed by atoms with Crippen molar-refractivity contribution in [3.8, 4) is 17.2 Å². The maximum absolute atomic E-state index is 12.4. The minimum atomic E-state index is -0.765. The average molecular weight is 416 g/mol. The van der Waals surface area contributed by atoms with Crippen LogP contribution >= 0.6 is 0 Å². The zero-order valence-electron chi connectivity index (χ0n) is 17.2. The maximum atomic E-state index is 12.4. The molecule has 160 valence electrons. The molecule has 0 unspecified atom stereocenters. The van der Waals surface area contributed by atoms with E-state index in [1.807, 2.05) is 6.92 Å². The molecule has 0 aliphatic carbocycles. The second-order valence-corrected chi connectivity index (χ2v) is 5.97. The predicted octanol–water partition coefficient (Wildman–Crippen LogP) is 2.26. The fourth-order valence-corrected chi connectivity index (χ4v) is 2.60. The van der Waals surface area contributed by atoms with Gasteiger partial charge in [-0.1, -0.05) is 6.07 Å². The fraction of sp³-hybridized carbons (Fsp3) is 0.286. The summed E-state index contributed by atoms with van der Waals surface area (Å²) in [6.45, 7) is 1.78. The molecular formula is C21H24N2O7. The second-order valence-electron chi connectivity index (χ2n) is 5.97. The van der Waals surface area contributed by atoms with E-state index in [0.717, 1.165) is 0 Å². The largest absolute Gasteiger partial charge is 0.496 e. The van der Waals surface area contributed by atoms with Crippen molar-refractivity contribution in [2.45, 2.75) is 6.92 Å². The van der Waals surface area contributed by atoms with Gasteiger partial charge in [-0.3, -0.25) is 9.59 Å². The summed E-state index contributed by atoms with van der Waals surface area (Å²) in [5.74, 6) is -0.657. The first kappa shape index (κ1) is 22.5. The molecule has 0 atom stereocenters. The van der Waals surface area contributed by atoms with E-state index in [-0.39, 0.29) is 17.2 Å². The summed E-state index contributed by atoms with van der Waals surface area (Å²) in [4.78, 5) is 36.5. The van der Waals surface area contributed by atoms with Gasteiger partial charge in [0.2, 0.25) is 0 Å². The molecule has 0 aromatic heterocycles. The SMILES string of the molecule is CCNC(=O)c1cccc(NC(=O)COC(=O)c2cc(OC)c(OC)cc2OC)c1. The van der Waals surface area contributed by atoms with Crippen LogP contribution in [0, 0.1) is 0 Å². The van der Waals surface area contributed by atoms with Crippen LogP contribution in [0.2, 0.25) is 0 Å². The molecule has 2 aromatic rings. The van der Waals surface area contributed by atoms with Gasteiger partial charge in [0.15, 0.2) is 18.1 Å². The van der Waals surface area contributed by atoms with Gasteiger partial charge in [-0.25, -0.2) is 4.79 Å². The van der Waals surface area contributed by atoms with Crippen LogP contribution in [0.1, 0.15) is 27.6 Å². The Bertz CT molecular complexity index is 928. The number of anilines is 1. The molecule has 9 nitrogen and oxygen atoms in total. The number of esters is 1. The summed E-state index contributed by atoms with van der Waals surface area (Å²) in [6, 6.07) is 9.32. The number of methoxy groups -OCH3 is 3. The Morgan fingerprint density at radius 2 is 1.57 bits per heavy atom.